The number of hydrogen-bond acceptors (Lipinski definition) is 5. The smallest absolute Gasteiger partial charge is 0.246 e. The molecule has 1 aromatic carbocycles. The minimum Gasteiger partial charge on any atom is -0.337 e. The number of amides is 2. The van der Waals surface area contributed by atoms with E-state index in [1.165, 1.54) is 11.8 Å². The van der Waals surface area contributed by atoms with Gasteiger partial charge in [-0.25, -0.2) is 0 Å². The van der Waals surface area contributed by atoms with Crippen molar-refractivity contribution in [2.24, 2.45) is 0 Å². The molecular formula is C16H18N4O3. The van der Waals surface area contributed by atoms with Gasteiger partial charge in [0.2, 0.25) is 17.7 Å². The van der Waals surface area contributed by atoms with Crippen molar-refractivity contribution in [2.75, 3.05) is 18.5 Å². The fourth-order valence-corrected chi connectivity index (χ4v) is 2.55. The molecule has 1 aliphatic heterocycles. The summed E-state index contributed by atoms with van der Waals surface area (Å²) >= 11 is 0. The summed E-state index contributed by atoms with van der Waals surface area (Å²) in [5.41, 5.74) is 0.875. The van der Waals surface area contributed by atoms with Crippen molar-refractivity contribution >= 4 is 17.5 Å². The standard InChI is InChI=1S/C16H18N4O3/c1-11(21)19(2)10-14-17-16(18-23-14)12-8-15(22)20(9-12)13-6-4-3-5-7-13/h3-7,12H,8-10H2,1-2H3. The number of hydrogen-bond donors (Lipinski definition) is 0. The molecule has 2 heterocycles. The first-order chi connectivity index (χ1) is 11.0. The Kier molecular flexibility index (Phi) is 4.10. The van der Waals surface area contributed by atoms with Gasteiger partial charge in [-0.05, 0) is 12.1 Å². The SMILES string of the molecule is CC(=O)N(C)Cc1nc(C2CC(=O)N(c3ccccc3)C2)no1. The van der Waals surface area contributed by atoms with Crippen LogP contribution >= 0.6 is 0 Å². The minimum absolute atomic E-state index is 0.0494. The van der Waals surface area contributed by atoms with Crippen LogP contribution in [0.5, 0.6) is 0 Å². The van der Waals surface area contributed by atoms with Crippen LogP contribution < -0.4 is 4.90 Å². The van der Waals surface area contributed by atoms with Crippen molar-refractivity contribution in [2.45, 2.75) is 25.8 Å². The van der Waals surface area contributed by atoms with Crippen LogP contribution in [0.15, 0.2) is 34.9 Å². The number of aromatic nitrogens is 2. The van der Waals surface area contributed by atoms with Crippen LogP contribution in [0.2, 0.25) is 0 Å². The average Bonchev–Trinajstić information content (AvgIpc) is 3.14. The van der Waals surface area contributed by atoms with E-state index in [0.29, 0.717) is 24.7 Å². The van der Waals surface area contributed by atoms with Gasteiger partial charge in [-0.1, -0.05) is 23.4 Å². The first-order valence-electron chi connectivity index (χ1n) is 7.44. The molecule has 0 spiro atoms. The van der Waals surface area contributed by atoms with Crippen LogP contribution in [0.3, 0.4) is 0 Å². The average molecular weight is 314 g/mol. The zero-order chi connectivity index (χ0) is 16.4. The van der Waals surface area contributed by atoms with E-state index in [4.69, 9.17) is 4.52 Å². The van der Waals surface area contributed by atoms with Crippen molar-refractivity contribution in [3.63, 3.8) is 0 Å². The van der Waals surface area contributed by atoms with E-state index in [0.717, 1.165) is 5.69 Å². The number of para-hydroxylation sites is 1. The van der Waals surface area contributed by atoms with E-state index in [1.807, 2.05) is 30.3 Å². The molecule has 0 radical (unpaired) electrons. The first kappa shape index (κ1) is 15.2. The molecule has 1 aliphatic rings. The Morgan fingerprint density at radius 2 is 2.13 bits per heavy atom. The Bertz CT molecular complexity index is 713. The number of anilines is 1. The van der Waals surface area contributed by atoms with E-state index in [-0.39, 0.29) is 24.3 Å². The second-order valence-electron chi connectivity index (χ2n) is 5.66. The van der Waals surface area contributed by atoms with Gasteiger partial charge in [0.05, 0.1) is 6.54 Å². The maximum Gasteiger partial charge on any atom is 0.246 e. The maximum atomic E-state index is 12.2. The monoisotopic (exact) mass is 314 g/mol. The third-order valence-corrected chi connectivity index (χ3v) is 3.95. The third kappa shape index (κ3) is 3.23. The van der Waals surface area contributed by atoms with Crippen LogP contribution in [-0.2, 0) is 16.1 Å². The molecule has 0 N–H and O–H groups in total. The Labute approximate surface area is 133 Å². The first-order valence-corrected chi connectivity index (χ1v) is 7.44. The van der Waals surface area contributed by atoms with Crippen LogP contribution in [0, 0.1) is 0 Å². The fraction of sp³-hybridized carbons (Fsp3) is 0.375. The maximum absolute atomic E-state index is 12.2. The molecule has 1 aromatic heterocycles. The predicted molar refractivity (Wildman–Crippen MR) is 82.6 cm³/mol. The van der Waals surface area contributed by atoms with Crippen molar-refractivity contribution in [3.05, 3.63) is 42.0 Å². The second kappa shape index (κ2) is 6.20. The van der Waals surface area contributed by atoms with Crippen molar-refractivity contribution in [1.29, 1.82) is 0 Å². The molecule has 0 saturated carbocycles. The normalized spacial score (nSPS) is 17.6. The lowest BCUT2D eigenvalue weighted by molar-refractivity contribution is -0.128. The summed E-state index contributed by atoms with van der Waals surface area (Å²) in [7, 11) is 1.67. The molecular weight excluding hydrogens is 296 g/mol. The Balaban J connectivity index is 1.70. The molecule has 1 saturated heterocycles. The number of rotatable bonds is 4. The van der Waals surface area contributed by atoms with Gasteiger partial charge in [-0.15, -0.1) is 0 Å². The van der Waals surface area contributed by atoms with Gasteiger partial charge < -0.3 is 14.3 Å². The van der Waals surface area contributed by atoms with Crippen LogP contribution in [0.25, 0.3) is 0 Å². The molecule has 0 aliphatic carbocycles. The second-order valence-corrected chi connectivity index (χ2v) is 5.66. The lowest BCUT2D eigenvalue weighted by Gasteiger charge is -2.15. The van der Waals surface area contributed by atoms with Gasteiger partial charge >= 0.3 is 0 Å². The summed E-state index contributed by atoms with van der Waals surface area (Å²) in [6.07, 6.45) is 0.358. The Morgan fingerprint density at radius 1 is 1.39 bits per heavy atom. The predicted octanol–water partition coefficient (Wildman–Crippen LogP) is 1.57. The Hall–Kier alpha value is -2.70. The van der Waals surface area contributed by atoms with E-state index in [2.05, 4.69) is 10.1 Å². The number of nitrogens with zero attached hydrogens (tertiary/aromatic N) is 4. The van der Waals surface area contributed by atoms with Crippen molar-refractivity contribution < 1.29 is 14.1 Å². The zero-order valence-corrected chi connectivity index (χ0v) is 13.1. The van der Waals surface area contributed by atoms with Gasteiger partial charge in [0.25, 0.3) is 0 Å². The highest BCUT2D eigenvalue weighted by molar-refractivity contribution is 5.96. The minimum atomic E-state index is -0.0946. The molecule has 1 fully saturated rings. The molecule has 1 atom stereocenters. The molecule has 7 nitrogen and oxygen atoms in total. The van der Waals surface area contributed by atoms with Crippen molar-refractivity contribution in [3.8, 4) is 0 Å². The topological polar surface area (TPSA) is 79.5 Å². The highest BCUT2D eigenvalue weighted by Crippen LogP contribution is 2.30. The molecule has 1 unspecified atom stereocenters. The fourth-order valence-electron chi connectivity index (χ4n) is 2.55. The van der Waals surface area contributed by atoms with Gasteiger partial charge in [0, 0.05) is 38.5 Å². The van der Waals surface area contributed by atoms with Gasteiger partial charge in [0.15, 0.2) is 5.82 Å². The number of benzene rings is 1. The summed E-state index contributed by atoms with van der Waals surface area (Å²) in [5.74, 6) is 0.777. The molecule has 2 amide bonds. The molecule has 0 bridgehead atoms. The summed E-state index contributed by atoms with van der Waals surface area (Å²) in [4.78, 5) is 31.0. The van der Waals surface area contributed by atoms with Crippen LogP contribution in [-0.4, -0.2) is 40.4 Å². The van der Waals surface area contributed by atoms with Gasteiger partial charge in [-0.3, -0.25) is 9.59 Å². The highest BCUT2D eigenvalue weighted by atomic mass is 16.5. The summed E-state index contributed by atoms with van der Waals surface area (Å²) in [6.45, 7) is 2.28. The summed E-state index contributed by atoms with van der Waals surface area (Å²) < 4.78 is 5.19. The molecule has 2 aromatic rings. The molecule has 23 heavy (non-hydrogen) atoms. The lowest BCUT2D eigenvalue weighted by Crippen LogP contribution is -2.24. The lowest BCUT2D eigenvalue weighted by atomic mass is 10.1. The third-order valence-electron chi connectivity index (χ3n) is 3.95. The molecule has 7 heteroatoms. The summed E-state index contributed by atoms with van der Waals surface area (Å²) in [6, 6.07) is 9.53. The molecule has 3 rings (SSSR count). The van der Waals surface area contributed by atoms with E-state index >= 15 is 0 Å². The van der Waals surface area contributed by atoms with E-state index < -0.39 is 0 Å². The number of carbonyl (C=O) groups excluding carboxylic acids is 2. The Morgan fingerprint density at radius 3 is 2.83 bits per heavy atom. The zero-order valence-electron chi connectivity index (χ0n) is 13.1. The van der Waals surface area contributed by atoms with E-state index in [9.17, 15) is 9.59 Å². The quantitative estimate of drug-likeness (QED) is 0.856. The number of carbonyl (C=O) groups is 2. The largest absolute Gasteiger partial charge is 0.337 e. The molecule has 120 valence electrons. The highest BCUT2D eigenvalue weighted by Gasteiger charge is 2.34. The van der Waals surface area contributed by atoms with Crippen molar-refractivity contribution in [1.82, 2.24) is 15.0 Å². The van der Waals surface area contributed by atoms with Crippen LogP contribution in [0.4, 0.5) is 5.69 Å². The van der Waals surface area contributed by atoms with Crippen LogP contribution in [0.1, 0.15) is 31.0 Å². The van der Waals surface area contributed by atoms with E-state index in [1.54, 1.807) is 11.9 Å². The van der Waals surface area contributed by atoms with Gasteiger partial charge in [-0.2, -0.15) is 4.98 Å². The van der Waals surface area contributed by atoms with Gasteiger partial charge in [0.1, 0.15) is 0 Å². The summed E-state index contributed by atoms with van der Waals surface area (Å²) in [5, 5.41) is 3.97.